The van der Waals surface area contributed by atoms with Crippen molar-refractivity contribution in [3.63, 3.8) is 0 Å². The molecule has 0 unspecified atom stereocenters. The van der Waals surface area contributed by atoms with Gasteiger partial charge in [0.1, 0.15) is 16.5 Å². The van der Waals surface area contributed by atoms with Crippen LogP contribution in [-0.4, -0.2) is 67.5 Å². The highest BCUT2D eigenvalue weighted by molar-refractivity contribution is 7.17. The SMILES string of the molecule is CCc1nc(-c2ccc(OC)c(OCCN3CCOCC3)c2)sc1C(=O)O. The van der Waals surface area contributed by atoms with Gasteiger partial charge in [-0.25, -0.2) is 9.78 Å². The fraction of sp³-hybridized carbons (Fsp3) is 0.474. The molecular formula is C19H24N2O5S. The first kappa shape index (κ1) is 19.6. The van der Waals surface area contributed by atoms with Crippen LogP contribution in [0.2, 0.25) is 0 Å². The fourth-order valence-corrected chi connectivity index (χ4v) is 3.90. The van der Waals surface area contributed by atoms with Crippen LogP contribution < -0.4 is 9.47 Å². The second-order valence-corrected chi connectivity index (χ2v) is 7.12. The first-order valence-corrected chi connectivity index (χ1v) is 9.78. The van der Waals surface area contributed by atoms with Crippen LogP contribution in [0.3, 0.4) is 0 Å². The average Bonchev–Trinajstić information content (AvgIpc) is 3.13. The Bertz CT molecular complexity index is 786. The highest BCUT2D eigenvalue weighted by atomic mass is 32.1. The lowest BCUT2D eigenvalue weighted by molar-refractivity contribution is 0.0321. The van der Waals surface area contributed by atoms with Crippen LogP contribution in [0.1, 0.15) is 22.3 Å². The normalized spacial score (nSPS) is 14.9. The maximum Gasteiger partial charge on any atom is 0.347 e. The molecule has 146 valence electrons. The molecule has 1 saturated heterocycles. The molecule has 27 heavy (non-hydrogen) atoms. The Balaban J connectivity index is 1.75. The average molecular weight is 392 g/mol. The summed E-state index contributed by atoms with van der Waals surface area (Å²) in [5, 5.41) is 10.0. The molecule has 1 fully saturated rings. The van der Waals surface area contributed by atoms with Crippen LogP contribution in [0.15, 0.2) is 18.2 Å². The minimum atomic E-state index is -0.939. The number of aromatic carboxylic acids is 1. The summed E-state index contributed by atoms with van der Waals surface area (Å²) in [4.78, 5) is 18.5. The number of thiazole rings is 1. The van der Waals surface area contributed by atoms with E-state index in [9.17, 15) is 9.90 Å². The Hall–Kier alpha value is -2.16. The van der Waals surface area contributed by atoms with Gasteiger partial charge < -0.3 is 19.3 Å². The minimum Gasteiger partial charge on any atom is -0.493 e. The summed E-state index contributed by atoms with van der Waals surface area (Å²) in [5.41, 5.74) is 1.43. The number of hydrogen-bond donors (Lipinski definition) is 1. The van der Waals surface area contributed by atoms with Crippen molar-refractivity contribution in [3.8, 4) is 22.1 Å². The van der Waals surface area contributed by atoms with E-state index < -0.39 is 5.97 Å². The number of carboxylic acids is 1. The van der Waals surface area contributed by atoms with Gasteiger partial charge in [-0.05, 0) is 24.6 Å². The summed E-state index contributed by atoms with van der Waals surface area (Å²) in [5.74, 6) is 0.339. The first-order valence-electron chi connectivity index (χ1n) is 8.96. The Labute approximate surface area is 162 Å². The van der Waals surface area contributed by atoms with E-state index in [1.54, 1.807) is 7.11 Å². The van der Waals surface area contributed by atoms with Gasteiger partial charge in [0.25, 0.3) is 0 Å². The molecule has 0 aliphatic carbocycles. The maximum atomic E-state index is 11.4. The summed E-state index contributed by atoms with van der Waals surface area (Å²) in [6.07, 6.45) is 0.581. The Morgan fingerprint density at radius 3 is 2.74 bits per heavy atom. The molecule has 0 saturated carbocycles. The Morgan fingerprint density at radius 2 is 2.11 bits per heavy atom. The van der Waals surface area contributed by atoms with Crippen molar-refractivity contribution in [3.05, 3.63) is 28.8 Å². The summed E-state index contributed by atoms with van der Waals surface area (Å²) in [6, 6.07) is 5.56. The lowest BCUT2D eigenvalue weighted by atomic mass is 10.2. The van der Waals surface area contributed by atoms with Gasteiger partial charge in [0.05, 0.1) is 26.0 Å². The van der Waals surface area contributed by atoms with E-state index in [0.29, 0.717) is 35.2 Å². The molecule has 0 radical (unpaired) electrons. The molecule has 0 spiro atoms. The molecule has 3 rings (SSSR count). The lowest BCUT2D eigenvalue weighted by Gasteiger charge is -2.26. The van der Waals surface area contributed by atoms with Gasteiger partial charge in [0.15, 0.2) is 11.5 Å². The van der Waals surface area contributed by atoms with Crippen molar-refractivity contribution >= 4 is 17.3 Å². The van der Waals surface area contributed by atoms with Crippen molar-refractivity contribution in [2.45, 2.75) is 13.3 Å². The van der Waals surface area contributed by atoms with E-state index in [-0.39, 0.29) is 4.88 Å². The summed E-state index contributed by atoms with van der Waals surface area (Å²) in [7, 11) is 1.60. The van der Waals surface area contributed by atoms with Crippen molar-refractivity contribution in [2.24, 2.45) is 0 Å². The third kappa shape index (κ3) is 4.77. The number of carboxylic acid groups (broad SMARTS) is 1. The second kappa shape index (κ2) is 9.16. The van der Waals surface area contributed by atoms with Gasteiger partial charge in [-0.1, -0.05) is 6.92 Å². The zero-order valence-corrected chi connectivity index (χ0v) is 16.4. The molecule has 1 aliphatic heterocycles. The fourth-order valence-electron chi connectivity index (χ4n) is 2.91. The molecule has 2 heterocycles. The van der Waals surface area contributed by atoms with E-state index in [0.717, 1.165) is 38.4 Å². The van der Waals surface area contributed by atoms with Crippen LogP contribution in [0.5, 0.6) is 11.5 Å². The molecule has 8 heteroatoms. The maximum absolute atomic E-state index is 11.4. The summed E-state index contributed by atoms with van der Waals surface area (Å²) >= 11 is 1.18. The number of methoxy groups -OCH3 is 1. The van der Waals surface area contributed by atoms with Crippen molar-refractivity contribution in [1.82, 2.24) is 9.88 Å². The number of carbonyl (C=O) groups is 1. The number of rotatable bonds is 8. The van der Waals surface area contributed by atoms with Crippen molar-refractivity contribution < 1.29 is 24.1 Å². The third-order valence-corrected chi connectivity index (χ3v) is 5.54. The predicted molar refractivity (Wildman–Crippen MR) is 103 cm³/mol. The van der Waals surface area contributed by atoms with E-state index in [1.807, 2.05) is 25.1 Å². The number of hydrogen-bond acceptors (Lipinski definition) is 7. The predicted octanol–water partition coefficient (Wildman–Crippen LogP) is 2.79. The molecule has 1 aromatic heterocycles. The van der Waals surface area contributed by atoms with Crippen molar-refractivity contribution in [1.29, 1.82) is 0 Å². The van der Waals surface area contributed by atoms with Crippen LogP contribution >= 0.6 is 11.3 Å². The number of ether oxygens (including phenoxy) is 3. The second-order valence-electron chi connectivity index (χ2n) is 6.12. The van der Waals surface area contributed by atoms with Crippen LogP contribution in [-0.2, 0) is 11.2 Å². The summed E-state index contributed by atoms with van der Waals surface area (Å²) in [6.45, 7) is 6.60. The minimum absolute atomic E-state index is 0.290. The number of benzene rings is 1. The standard InChI is InChI=1S/C19H24N2O5S/c1-3-14-17(19(22)23)27-18(20-14)13-4-5-15(24-2)16(12-13)26-11-8-21-6-9-25-10-7-21/h4-5,12H,3,6-11H2,1-2H3,(H,22,23). The molecule has 1 aliphatic rings. The van der Waals surface area contributed by atoms with Gasteiger partial charge in [-0.15, -0.1) is 11.3 Å². The highest BCUT2D eigenvalue weighted by Crippen LogP contribution is 2.35. The molecule has 1 N–H and O–H groups in total. The smallest absolute Gasteiger partial charge is 0.347 e. The molecule has 0 amide bonds. The number of aryl methyl sites for hydroxylation is 1. The number of aromatic nitrogens is 1. The van der Waals surface area contributed by atoms with Gasteiger partial charge in [0.2, 0.25) is 0 Å². The largest absolute Gasteiger partial charge is 0.493 e. The van der Waals surface area contributed by atoms with Gasteiger partial charge in [-0.2, -0.15) is 0 Å². The highest BCUT2D eigenvalue weighted by Gasteiger charge is 2.18. The van der Waals surface area contributed by atoms with E-state index in [2.05, 4.69) is 9.88 Å². The molecular weight excluding hydrogens is 368 g/mol. The first-order chi connectivity index (χ1) is 13.1. The van der Waals surface area contributed by atoms with Crippen LogP contribution in [0.4, 0.5) is 0 Å². The zero-order valence-electron chi connectivity index (χ0n) is 15.6. The van der Waals surface area contributed by atoms with Crippen molar-refractivity contribution in [2.75, 3.05) is 46.6 Å². The van der Waals surface area contributed by atoms with E-state index in [1.165, 1.54) is 11.3 Å². The number of morpholine rings is 1. The molecule has 2 aromatic rings. The molecule has 0 atom stereocenters. The lowest BCUT2D eigenvalue weighted by Crippen LogP contribution is -2.38. The Morgan fingerprint density at radius 1 is 1.33 bits per heavy atom. The van der Waals surface area contributed by atoms with Gasteiger partial charge in [-0.3, -0.25) is 4.90 Å². The zero-order chi connectivity index (χ0) is 19.2. The quantitative estimate of drug-likeness (QED) is 0.740. The molecule has 0 bridgehead atoms. The topological polar surface area (TPSA) is 81.1 Å². The summed E-state index contributed by atoms with van der Waals surface area (Å²) < 4.78 is 16.7. The Kier molecular flexibility index (Phi) is 6.65. The van der Waals surface area contributed by atoms with Crippen LogP contribution in [0.25, 0.3) is 10.6 Å². The third-order valence-electron chi connectivity index (χ3n) is 4.41. The van der Waals surface area contributed by atoms with Gasteiger partial charge >= 0.3 is 5.97 Å². The molecule has 7 nitrogen and oxygen atoms in total. The van der Waals surface area contributed by atoms with Crippen LogP contribution in [0, 0.1) is 0 Å². The number of nitrogens with zero attached hydrogens (tertiary/aromatic N) is 2. The van der Waals surface area contributed by atoms with E-state index in [4.69, 9.17) is 14.2 Å². The van der Waals surface area contributed by atoms with E-state index >= 15 is 0 Å². The monoisotopic (exact) mass is 392 g/mol. The van der Waals surface area contributed by atoms with Gasteiger partial charge in [0, 0.05) is 25.2 Å². The molecule has 1 aromatic carbocycles.